The van der Waals surface area contributed by atoms with E-state index >= 15 is 0 Å². The molecule has 1 saturated heterocycles. The van der Waals surface area contributed by atoms with Crippen LogP contribution in [0.3, 0.4) is 0 Å². The highest BCUT2D eigenvalue weighted by atomic mass is 79.9. The van der Waals surface area contributed by atoms with Gasteiger partial charge in [-0.05, 0) is 22.0 Å². The Bertz CT molecular complexity index is 974. The molecule has 0 amide bonds. The third-order valence-electron chi connectivity index (χ3n) is 4.94. The number of thiazole rings is 1. The summed E-state index contributed by atoms with van der Waals surface area (Å²) < 4.78 is 13.7. The van der Waals surface area contributed by atoms with Crippen LogP contribution in [-0.4, -0.2) is 72.6 Å². The van der Waals surface area contributed by atoms with E-state index in [4.69, 9.17) is 9.47 Å². The van der Waals surface area contributed by atoms with Crippen molar-refractivity contribution in [1.82, 2.24) is 25.0 Å². The van der Waals surface area contributed by atoms with Gasteiger partial charge in [0.25, 0.3) is 0 Å². The maximum atomic E-state index is 11.4. The van der Waals surface area contributed by atoms with Gasteiger partial charge in [0.05, 0.1) is 12.8 Å². The van der Waals surface area contributed by atoms with Crippen molar-refractivity contribution in [3.63, 3.8) is 0 Å². The molecular formula is C17H18BrN5O4S2. The molecule has 0 saturated carbocycles. The number of hydrogen-bond donors (Lipinski definition) is 3. The number of methoxy groups -OCH3 is 1. The van der Waals surface area contributed by atoms with Gasteiger partial charge in [0.1, 0.15) is 40.0 Å². The van der Waals surface area contributed by atoms with Gasteiger partial charge in [-0.3, -0.25) is 4.98 Å². The number of halogens is 1. The molecule has 0 aromatic carbocycles. The number of rotatable bonds is 5. The number of thiol groups is 1. The van der Waals surface area contributed by atoms with Gasteiger partial charge in [0.2, 0.25) is 0 Å². The van der Waals surface area contributed by atoms with Crippen LogP contribution in [0.1, 0.15) is 5.56 Å². The molecule has 0 bridgehead atoms. The van der Waals surface area contributed by atoms with E-state index in [0.29, 0.717) is 20.7 Å². The lowest BCUT2D eigenvalue weighted by Gasteiger charge is -2.51. The highest BCUT2D eigenvalue weighted by Crippen LogP contribution is 2.44. The molecule has 9 nitrogen and oxygen atoms in total. The molecular weight excluding hydrogens is 482 g/mol. The van der Waals surface area contributed by atoms with Crippen molar-refractivity contribution in [2.75, 3.05) is 13.7 Å². The summed E-state index contributed by atoms with van der Waals surface area (Å²) in [7, 11) is 1.50. The Hall–Kier alpha value is -1.41. The van der Waals surface area contributed by atoms with Gasteiger partial charge >= 0.3 is 0 Å². The van der Waals surface area contributed by atoms with Crippen LogP contribution in [-0.2, 0) is 15.0 Å². The largest absolute Gasteiger partial charge is 0.394 e. The summed E-state index contributed by atoms with van der Waals surface area (Å²) in [6.45, 7) is -0.411. The van der Waals surface area contributed by atoms with Crippen molar-refractivity contribution in [3.8, 4) is 10.7 Å². The molecule has 0 radical (unpaired) electrons. The minimum atomic E-state index is -1.31. The Morgan fingerprint density at radius 3 is 2.93 bits per heavy atom. The van der Waals surface area contributed by atoms with Gasteiger partial charge in [-0.15, -0.1) is 29.1 Å². The molecule has 4 heterocycles. The summed E-state index contributed by atoms with van der Waals surface area (Å²) in [6, 6.07) is 1.81. The first-order valence-electron chi connectivity index (χ1n) is 8.61. The van der Waals surface area contributed by atoms with Crippen molar-refractivity contribution in [2.24, 2.45) is 0 Å². The summed E-state index contributed by atoms with van der Waals surface area (Å²) in [5.74, 6) is 0. The number of nitrogens with zero attached hydrogens (tertiary/aromatic N) is 5. The lowest BCUT2D eigenvalue weighted by molar-refractivity contribution is -0.213. The van der Waals surface area contributed by atoms with E-state index < -0.39 is 35.9 Å². The predicted octanol–water partition coefficient (Wildman–Crippen LogP) is 1.33. The third kappa shape index (κ3) is 3.42. The average molecular weight is 500 g/mol. The summed E-state index contributed by atoms with van der Waals surface area (Å²) in [5, 5.41) is 32.3. The van der Waals surface area contributed by atoms with Gasteiger partial charge in [0.15, 0.2) is 0 Å². The van der Waals surface area contributed by atoms with Crippen LogP contribution in [0.25, 0.3) is 10.7 Å². The second kappa shape index (κ2) is 8.38. The van der Waals surface area contributed by atoms with Crippen molar-refractivity contribution in [1.29, 1.82) is 0 Å². The molecule has 3 aromatic heterocycles. The maximum absolute atomic E-state index is 11.4. The van der Waals surface area contributed by atoms with Crippen LogP contribution in [0, 0.1) is 0 Å². The Labute approximate surface area is 184 Å². The van der Waals surface area contributed by atoms with E-state index in [9.17, 15) is 10.2 Å². The van der Waals surface area contributed by atoms with Gasteiger partial charge in [0, 0.05) is 41.1 Å². The Kier molecular flexibility index (Phi) is 6.02. The van der Waals surface area contributed by atoms with Crippen LogP contribution in [0.2, 0.25) is 0 Å². The molecule has 12 heteroatoms. The zero-order valence-corrected chi connectivity index (χ0v) is 18.5. The third-order valence-corrected chi connectivity index (χ3v) is 6.56. The molecule has 154 valence electrons. The quantitative estimate of drug-likeness (QED) is 0.450. The van der Waals surface area contributed by atoms with Gasteiger partial charge in [-0.25, -0.2) is 9.67 Å². The molecule has 1 fully saturated rings. The first-order chi connectivity index (χ1) is 14.0. The average Bonchev–Trinajstić information content (AvgIpc) is 3.41. The number of ether oxygens (including phenoxy) is 2. The van der Waals surface area contributed by atoms with Crippen molar-refractivity contribution in [2.45, 2.75) is 29.3 Å². The molecule has 4 rings (SSSR count). The van der Waals surface area contributed by atoms with E-state index in [-0.39, 0.29) is 0 Å². The Morgan fingerprint density at radius 1 is 1.45 bits per heavy atom. The highest BCUT2D eigenvalue weighted by Gasteiger charge is 2.59. The predicted molar refractivity (Wildman–Crippen MR) is 112 cm³/mol. The van der Waals surface area contributed by atoms with Crippen LogP contribution in [0.4, 0.5) is 0 Å². The van der Waals surface area contributed by atoms with E-state index in [1.54, 1.807) is 24.8 Å². The smallest absolute Gasteiger partial charge is 0.149 e. The molecule has 1 aliphatic heterocycles. The zero-order chi connectivity index (χ0) is 20.6. The summed E-state index contributed by atoms with van der Waals surface area (Å²) in [4.78, 5) is 8.52. The van der Waals surface area contributed by atoms with E-state index in [1.807, 2.05) is 11.4 Å². The first-order valence-corrected chi connectivity index (χ1v) is 10.8. The van der Waals surface area contributed by atoms with Crippen molar-refractivity contribution in [3.05, 3.63) is 46.3 Å². The number of pyridine rings is 1. The lowest BCUT2D eigenvalue weighted by Crippen LogP contribution is -2.67. The standard InChI is InChI=1S/C17H18BrN5O4S2/c1-26-14-16(28)27-12(8-24)13(25)17(14,9-4-10(18)6-19-5-9)23-7-11(21-22-23)15-20-2-3-29-15/h2-7,12-14,16,24-25,28H,8H2,1H3/t12-,13+,14+,16-,17+/m0/s1. The van der Waals surface area contributed by atoms with Crippen LogP contribution in [0.15, 0.2) is 40.7 Å². The molecule has 5 atom stereocenters. The highest BCUT2D eigenvalue weighted by molar-refractivity contribution is 9.10. The fraction of sp³-hybridized carbons (Fsp3) is 0.412. The molecule has 2 N–H and O–H groups in total. The molecule has 29 heavy (non-hydrogen) atoms. The fourth-order valence-corrected chi connectivity index (χ4v) is 5.15. The topological polar surface area (TPSA) is 115 Å². The maximum Gasteiger partial charge on any atom is 0.149 e. The zero-order valence-electron chi connectivity index (χ0n) is 15.2. The summed E-state index contributed by atoms with van der Waals surface area (Å²) >= 11 is 9.38. The number of aliphatic hydroxyl groups excluding tert-OH is 2. The fourth-order valence-electron chi connectivity index (χ4n) is 3.69. The molecule has 1 aliphatic rings. The SMILES string of the molecule is CO[C@@H]1[C@H](S)O[C@@H](CO)[C@@H](O)[C@@]1(c1cncc(Br)c1)n1cc(-c2nccs2)nn1. The summed E-state index contributed by atoms with van der Waals surface area (Å²) in [5.41, 5.74) is -0.923. The first kappa shape index (κ1) is 20.8. The normalized spacial score (nSPS) is 29.8. The van der Waals surface area contributed by atoms with Crippen molar-refractivity contribution >= 4 is 39.9 Å². The molecule has 0 unspecified atom stereocenters. The van der Waals surface area contributed by atoms with Crippen LogP contribution < -0.4 is 0 Å². The van der Waals surface area contributed by atoms with Gasteiger partial charge in [-0.2, -0.15) is 0 Å². The Morgan fingerprint density at radius 2 is 2.28 bits per heavy atom. The Balaban J connectivity index is 1.96. The second-order valence-corrected chi connectivity index (χ2v) is 8.77. The minimum Gasteiger partial charge on any atom is -0.394 e. The molecule has 0 spiro atoms. The number of aromatic nitrogens is 5. The number of hydrogen-bond acceptors (Lipinski definition) is 10. The second-order valence-electron chi connectivity index (χ2n) is 6.45. The van der Waals surface area contributed by atoms with E-state index in [2.05, 4.69) is 48.8 Å². The monoisotopic (exact) mass is 499 g/mol. The lowest BCUT2D eigenvalue weighted by atomic mass is 9.76. The van der Waals surface area contributed by atoms with Crippen LogP contribution >= 0.6 is 39.9 Å². The summed E-state index contributed by atoms with van der Waals surface area (Å²) in [6.07, 6.45) is 3.69. The molecule has 0 aliphatic carbocycles. The van der Waals surface area contributed by atoms with Gasteiger partial charge < -0.3 is 19.7 Å². The number of aliphatic hydroxyl groups is 2. The van der Waals surface area contributed by atoms with E-state index in [1.165, 1.54) is 23.1 Å². The van der Waals surface area contributed by atoms with Crippen LogP contribution in [0.5, 0.6) is 0 Å². The molecule has 3 aromatic rings. The minimum absolute atomic E-state index is 0.411. The van der Waals surface area contributed by atoms with Crippen molar-refractivity contribution < 1.29 is 19.7 Å². The van der Waals surface area contributed by atoms with E-state index in [0.717, 1.165) is 0 Å². The van der Waals surface area contributed by atoms with Gasteiger partial charge in [-0.1, -0.05) is 5.21 Å².